The van der Waals surface area contributed by atoms with Gasteiger partial charge in [0, 0.05) is 18.2 Å². The van der Waals surface area contributed by atoms with Gasteiger partial charge in [-0.15, -0.1) is 12.4 Å². The third-order valence-corrected chi connectivity index (χ3v) is 4.47. The molecule has 5 nitrogen and oxygen atoms in total. The predicted octanol–water partition coefficient (Wildman–Crippen LogP) is 2.45. The van der Waals surface area contributed by atoms with Crippen LogP contribution < -0.4 is 10.6 Å². The van der Waals surface area contributed by atoms with Crippen molar-refractivity contribution in [3.05, 3.63) is 29.8 Å². The summed E-state index contributed by atoms with van der Waals surface area (Å²) in [5.41, 5.74) is 1.82. The van der Waals surface area contributed by atoms with Gasteiger partial charge in [0.2, 0.25) is 11.8 Å². The maximum absolute atomic E-state index is 12.6. The number of hydrogen-bond donors (Lipinski definition) is 2. The van der Waals surface area contributed by atoms with Crippen molar-refractivity contribution in [2.75, 3.05) is 31.5 Å². The van der Waals surface area contributed by atoms with Gasteiger partial charge in [-0.2, -0.15) is 0 Å². The van der Waals surface area contributed by atoms with Crippen molar-refractivity contribution in [1.29, 1.82) is 0 Å². The molecule has 1 saturated heterocycles. The molecule has 1 aliphatic heterocycles. The second-order valence-corrected chi connectivity index (χ2v) is 6.33. The molecule has 0 radical (unpaired) electrons. The lowest BCUT2D eigenvalue weighted by Gasteiger charge is -2.34. The first-order valence-electron chi connectivity index (χ1n) is 8.38. The average Bonchev–Trinajstić information content (AvgIpc) is 2.46. The fraction of sp³-hybridized carbons (Fsp3) is 0.556. The molecule has 0 saturated carbocycles. The number of aryl methyl sites for hydroxylation is 1. The molecule has 0 aromatic heterocycles. The van der Waals surface area contributed by atoms with Crippen molar-refractivity contribution in [2.45, 2.75) is 27.2 Å². The second-order valence-electron chi connectivity index (χ2n) is 6.33. The Morgan fingerprint density at radius 3 is 2.54 bits per heavy atom. The molecule has 6 heteroatoms. The SMILES string of the molecule is CCCN(CC(=O)Nc1ccccc1C)C(=O)C(C)C1CNC1.Cl. The minimum absolute atomic E-state index is 0. The lowest BCUT2D eigenvalue weighted by molar-refractivity contribution is -0.140. The van der Waals surface area contributed by atoms with Gasteiger partial charge in [-0.1, -0.05) is 32.0 Å². The predicted molar refractivity (Wildman–Crippen MR) is 99.5 cm³/mol. The van der Waals surface area contributed by atoms with E-state index in [1.165, 1.54) is 0 Å². The largest absolute Gasteiger partial charge is 0.333 e. The highest BCUT2D eigenvalue weighted by atomic mass is 35.5. The molecule has 2 rings (SSSR count). The van der Waals surface area contributed by atoms with Crippen LogP contribution in [0.15, 0.2) is 24.3 Å². The molecule has 1 aromatic rings. The van der Waals surface area contributed by atoms with Crippen LogP contribution in [0.1, 0.15) is 25.8 Å². The summed E-state index contributed by atoms with van der Waals surface area (Å²) in [5.74, 6) is 0.300. The first-order valence-corrected chi connectivity index (χ1v) is 8.38. The summed E-state index contributed by atoms with van der Waals surface area (Å²) in [7, 11) is 0. The Morgan fingerprint density at radius 2 is 2.00 bits per heavy atom. The third-order valence-electron chi connectivity index (χ3n) is 4.47. The van der Waals surface area contributed by atoms with Crippen molar-refractivity contribution >= 4 is 29.9 Å². The Kier molecular flexibility index (Phi) is 8.22. The molecule has 134 valence electrons. The van der Waals surface area contributed by atoms with E-state index >= 15 is 0 Å². The smallest absolute Gasteiger partial charge is 0.244 e. The van der Waals surface area contributed by atoms with Crippen molar-refractivity contribution in [3.63, 3.8) is 0 Å². The van der Waals surface area contributed by atoms with Crippen molar-refractivity contribution in [1.82, 2.24) is 10.2 Å². The van der Waals surface area contributed by atoms with Gasteiger partial charge in [0.05, 0.1) is 6.54 Å². The number of anilines is 1. The summed E-state index contributed by atoms with van der Waals surface area (Å²) in [6, 6.07) is 7.66. The molecule has 1 aromatic carbocycles. The van der Waals surface area contributed by atoms with Crippen LogP contribution in [0.2, 0.25) is 0 Å². The van der Waals surface area contributed by atoms with E-state index in [-0.39, 0.29) is 36.7 Å². The quantitative estimate of drug-likeness (QED) is 0.791. The number of para-hydroxylation sites is 1. The van der Waals surface area contributed by atoms with Gasteiger partial charge >= 0.3 is 0 Å². The van der Waals surface area contributed by atoms with E-state index in [1.54, 1.807) is 4.90 Å². The van der Waals surface area contributed by atoms with Crippen molar-refractivity contribution in [2.24, 2.45) is 11.8 Å². The van der Waals surface area contributed by atoms with Crippen LogP contribution in [0.5, 0.6) is 0 Å². The molecule has 1 aliphatic rings. The average molecular weight is 354 g/mol. The summed E-state index contributed by atoms with van der Waals surface area (Å²) in [4.78, 5) is 26.6. The van der Waals surface area contributed by atoms with Crippen LogP contribution in [0.25, 0.3) is 0 Å². The first kappa shape index (κ1) is 20.5. The molecule has 2 N–H and O–H groups in total. The molecule has 1 heterocycles. The number of benzene rings is 1. The number of carbonyl (C=O) groups is 2. The normalized spacial score (nSPS) is 15.0. The van der Waals surface area contributed by atoms with Crippen LogP contribution in [0, 0.1) is 18.8 Å². The highest BCUT2D eigenvalue weighted by Gasteiger charge is 2.32. The summed E-state index contributed by atoms with van der Waals surface area (Å²) in [6.45, 7) is 8.46. The van der Waals surface area contributed by atoms with E-state index in [1.807, 2.05) is 45.0 Å². The van der Waals surface area contributed by atoms with Crippen molar-refractivity contribution < 1.29 is 9.59 Å². The Bertz CT molecular complexity index is 561. The van der Waals surface area contributed by atoms with Crippen LogP contribution in [-0.2, 0) is 9.59 Å². The molecule has 1 atom stereocenters. The van der Waals surface area contributed by atoms with E-state index in [9.17, 15) is 9.59 Å². The number of halogens is 1. The molecular formula is C18H28ClN3O2. The Labute approximate surface area is 150 Å². The first-order chi connectivity index (χ1) is 11.0. The van der Waals surface area contributed by atoms with Gasteiger partial charge in [0.25, 0.3) is 0 Å². The number of nitrogens with zero attached hydrogens (tertiary/aromatic N) is 1. The van der Waals surface area contributed by atoms with Crippen LogP contribution in [0.3, 0.4) is 0 Å². The van der Waals surface area contributed by atoms with Gasteiger partial charge in [0.15, 0.2) is 0 Å². The zero-order chi connectivity index (χ0) is 16.8. The van der Waals surface area contributed by atoms with E-state index in [0.29, 0.717) is 12.5 Å². The molecule has 0 bridgehead atoms. The minimum atomic E-state index is -0.139. The fourth-order valence-corrected chi connectivity index (χ4v) is 2.77. The topological polar surface area (TPSA) is 61.4 Å². The van der Waals surface area contributed by atoms with Gasteiger partial charge < -0.3 is 15.5 Å². The van der Waals surface area contributed by atoms with Gasteiger partial charge in [-0.25, -0.2) is 0 Å². The van der Waals surface area contributed by atoms with Crippen LogP contribution in [0.4, 0.5) is 5.69 Å². The molecule has 1 unspecified atom stereocenters. The highest BCUT2D eigenvalue weighted by molar-refractivity contribution is 5.95. The third kappa shape index (κ3) is 5.21. The number of carbonyl (C=O) groups excluding carboxylic acids is 2. The molecule has 0 aliphatic carbocycles. The van der Waals surface area contributed by atoms with Gasteiger partial charge in [-0.3, -0.25) is 9.59 Å². The lowest BCUT2D eigenvalue weighted by Crippen LogP contribution is -2.51. The van der Waals surface area contributed by atoms with Crippen LogP contribution >= 0.6 is 12.4 Å². The molecule has 2 amide bonds. The standard InChI is InChI=1S/C18H27N3O2.ClH/c1-4-9-21(18(23)14(3)15-10-19-11-15)12-17(22)20-16-8-6-5-7-13(16)2;/h5-8,14-15,19H,4,9-12H2,1-3H3,(H,20,22);1H. The van der Waals surface area contributed by atoms with Crippen LogP contribution in [-0.4, -0.2) is 42.9 Å². The Balaban J connectivity index is 0.00000288. The van der Waals surface area contributed by atoms with Crippen molar-refractivity contribution in [3.8, 4) is 0 Å². The molecule has 0 spiro atoms. The van der Waals surface area contributed by atoms with E-state index in [2.05, 4.69) is 10.6 Å². The number of hydrogen-bond acceptors (Lipinski definition) is 3. The summed E-state index contributed by atoms with van der Waals surface area (Å²) < 4.78 is 0. The summed E-state index contributed by atoms with van der Waals surface area (Å²) >= 11 is 0. The Morgan fingerprint density at radius 1 is 1.33 bits per heavy atom. The van der Waals surface area contributed by atoms with Gasteiger partial charge in [-0.05, 0) is 44.0 Å². The zero-order valence-electron chi connectivity index (χ0n) is 14.7. The van der Waals surface area contributed by atoms with E-state index in [0.717, 1.165) is 30.8 Å². The second kappa shape index (κ2) is 9.64. The molecule has 24 heavy (non-hydrogen) atoms. The van der Waals surface area contributed by atoms with E-state index < -0.39 is 0 Å². The number of rotatable bonds is 7. The van der Waals surface area contributed by atoms with Gasteiger partial charge in [0.1, 0.15) is 0 Å². The number of nitrogens with one attached hydrogen (secondary N) is 2. The summed E-state index contributed by atoms with van der Waals surface area (Å²) in [5, 5.41) is 6.10. The summed E-state index contributed by atoms with van der Waals surface area (Å²) in [6.07, 6.45) is 0.846. The lowest BCUT2D eigenvalue weighted by atomic mass is 9.88. The van der Waals surface area contributed by atoms with E-state index in [4.69, 9.17) is 0 Å². The number of amides is 2. The Hall–Kier alpha value is -1.59. The monoisotopic (exact) mass is 353 g/mol. The highest BCUT2D eigenvalue weighted by Crippen LogP contribution is 2.19. The zero-order valence-corrected chi connectivity index (χ0v) is 15.5. The minimum Gasteiger partial charge on any atom is -0.333 e. The molecular weight excluding hydrogens is 326 g/mol. The molecule has 1 fully saturated rings. The fourth-order valence-electron chi connectivity index (χ4n) is 2.77. The maximum Gasteiger partial charge on any atom is 0.244 e. The maximum atomic E-state index is 12.6.